The number of hydrogen-bond donors (Lipinski definition) is 1. The van der Waals surface area contributed by atoms with E-state index in [-0.39, 0.29) is 10.9 Å². The predicted molar refractivity (Wildman–Crippen MR) is 191 cm³/mol. The third-order valence-corrected chi connectivity index (χ3v) is 39.6. The fourth-order valence-electron chi connectivity index (χ4n) is 6.05. The standard InChI is InChI=1S/C34H46GeOS2Si2/c1-23(22-36)21-35(34(2,3)4)37-32-28(39(5,6)7)19-24-15-11-13-17-26(24)30(32)31-27-18-14-12-16-25(27)20-29(33(31)38-35)40(8,9)10/h11-20,23,36H,21-22H2,1-10H3/t23-/m0/s1. The van der Waals surface area contributed by atoms with Gasteiger partial charge in [0.1, 0.15) is 0 Å². The minimum absolute atomic E-state index is 0.183. The summed E-state index contributed by atoms with van der Waals surface area (Å²) < 4.78 is 0.183. The van der Waals surface area contributed by atoms with Crippen LogP contribution in [-0.4, -0.2) is 38.8 Å². The molecule has 0 unspecified atom stereocenters. The molecule has 6 heteroatoms. The molecule has 0 aromatic heterocycles. The first-order valence-electron chi connectivity index (χ1n) is 14.7. The van der Waals surface area contributed by atoms with Crippen molar-refractivity contribution in [2.75, 3.05) is 6.61 Å². The molecule has 1 heterocycles. The Kier molecular flexibility index (Phi) is 8.11. The summed E-state index contributed by atoms with van der Waals surface area (Å²) in [5, 5.41) is 20.3. The van der Waals surface area contributed by atoms with Gasteiger partial charge < -0.3 is 0 Å². The minimum atomic E-state index is -2.92. The fourth-order valence-corrected chi connectivity index (χ4v) is 36.4. The first-order valence-corrected chi connectivity index (χ1v) is 31.0. The van der Waals surface area contributed by atoms with Crippen LogP contribution < -0.4 is 10.4 Å². The van der Waals surface area contributed by atoms with E-state index in [1.165, 1.54) is 32.7 Å². The van der Waals surface area contributed by atoms with Crippen LogP contribution in [0.2, 0.25) is 48.8 Å². The molecule has 1 nitrogen and oxygen atoms in total. The van der Waals surface area contributed by atoms with Gasteiger partial charge in [0.2, 0.25) is 0 Å². The van der Waals surface area contributed by atoms with Crippen LogP contribution in [0.4, 0.5) is 0 Å². The molecular weight excluding hydrogens is 617 g/mol. The topological polar surface area (TPSA) is 20.2 Å². The number of benzene rings is 4. The number of fused-ring (bicyclic) bond motifs is 7. The number of aliphatic hydroxyl groups is 1. The molecule has 0 saturated carbocycles. The van der Waals surface area contributed by atoms with Gasteiger partial charge in [0.15, 0.2) is 0 Å². The second-order valence-electron chi connectivity index (χ2n) is 14.9. The molecule has 4 aromatic rings. The number of aliphatic hydroxyl groups excluding tert-OH is 1. The van der Waals surface area contributed by atoms with Crippen LogP contribution in [0.3, 0.4) is 0 Å². The van der Waals surface area contributed by atoms with Crippen LogP contribution in [0.15, 0.2) is 70.5 Å². The van der Waals surface area contributed by atoms with Crippen molar-refractivity contribution in [3.8, 4) is 11.1 Å². The molecule has 0 fully saturated rings. The average molecular weight is 664 g/mol. The Morgan fingerprint density at radius 3 is 1.48 bits per heavy atom. The molecule has 1 aliphatic rings. The van der Waals surface area contributed by atoms with Crippen molar-refractivity contribution in [2.45, 2.75) is 86.3 Å². The van der Waals surface area contributed by atoms with Gasteiger partial charge in [-0.25, -0.2) is 0 Å². The predicted octanol–water partition coefficient (Wildman–Crippen LogP) is 9.82. The molecule has 212 valence electrons. The molecule has 0 amide bonds. The Hall–Kier alpha value is -0.963. The van der Waals surface area contributed by atoms with E-state index in [0.717, 1.165) is 5.25 Å². The van der Waals surface area contributed by atoms with Crippen molar-refractivity contribution < 1.29 is 5.11 Å². The molecule has 0 saturated heterocycles. The van der Waals surface area contributed by atoms with Gasteiger partial charge >= 0.3 is 255 Å². The van der Waals surface area contributed by atoms with E-state index in [1.807, 2.05) is 0 Å². The average Bonchev–Trinajstić information content (AvgIpc) is 3.01. The molecule has 4 aromatic carbocycles. The summed E-state index contributed by atoms with van der Waals surface area (Å²) in [6.07, 6.45) is 0. The van der Waals surface area contributed by atoms with E-state index in [1.54, 1.807) is 20.2 Å². The van der Waals surface area contributed by atoms with Gasteiger partial charge in [0, 0.05) is 0 Å². The van der Waals surface area contributed by atoms with Crippen LogP contribution in [0.1, 0.15) is 27.7 Å². The van der Waals surface area contributed by atoms with E-state index in [2.05, 4.69) is 148 Å². The molecular formula is C34H46GeOS2Si2. The van der Waals surface area contributed by atoms with Crippen LogP contribution in [0.25, 0.3) is 32.7 Å². The molecule has 1 N–H and O–H groups in total. The van der Waals surface area contributed by atoms with Gasteiger partial charge in [-0.1, -0.05) is 0 Å². The molecule has 1 atom stereocenters. The zero-order chi connectivity index (χ0) is 29.3. The molecule has 0 aliphatic carbocycles. The summed E-state index contributed by atoms with van der Waals surface area (Å²) in [6, 6.07) is 23.4. The molecule has 0 spiro atoms. The van der Waals surface area contributed by atoms with Crippen molar-refractivity contribution in [1.82, 2.24) is 0 Å². The van der Waals surface area contributed by atoms with E-state index in [0.29, 0.717) is 5.92 Å². The number of rotatable bonds is 5. The maximum absolute atomic E-state index is 10.4. The normalized spacial score (nSPS) is 16.5. The van der Waals surface area contributed by atoms with Gasteiger partial charge in [0.05, 0.1) is 0 Å². The Labute approximate surface area is 253 Å². The fraction of sp³-hybridized carbons (Fsp3) is 0.412. The first kappa shape index (κ1) is 30.5. The molecule has 40 heavy (non-hydrogen) atoms. The molecule has 5 rings (SSSR count). The first-order chi connectivity index (χ1) is 18.6. The zero-order valence-electron chi connectivity index (χ0n) is 26.0. The monoisotopic (exact) mass is 664 g/mol. The number of hydrogen-bond acceptors (Lipinski definition) is 3. The van der Waals surface area contributed by atoms with Gasteiger partial charge in [-0.3, -0.25) is 0 Å². The molecule has 1 aliphatic heterocycles. The van der Waals surface area contributed by atoms with Crippen LogP contribution >= 0.6 is 20.2 Å². The van der Waals surface area contributed by atoms with Gasteiger partial charge in [-0.05, 0) is 0 Å². The summed E-state index contributed by atoms with van der Waals surface area (Å²) in [7, 11) is -1.69. The maximum atomic E-state index is 10.4. The van der Waals surface area contributed by atoms with Gasteiger partial charge in [0.25, 0.3) is 0 Å². The summed E-state index contributed by atoms with van der Waals surface area (Å²) in [5.41, 5.74) is 2.99. The van der Waals surface area contributed by atoms with Crippen molar-refractivity contribution in [1.29, 1.82) is 0 Å². The summed E-state index contributed by atoms with van der Waals surface area (Å²) in [4.78, 5) is 3.14. The Balaban J connectivity index is 2.08. The van der Waals surface area contributed by atoms with Crippen LogP contribution in [-0.2, 0) is 0 Å². The van der Waals surface area contributed by atoms with E-state index >= 15 is 0 Å². The van der Waals surface area contributed by atoms with Crippen molar-refractivity contribution in [3.63, 3.8) is 0 Å². The quantitative estimate of drug-likeness (QED) is 0.215. The summed E-state index contributed by atoms with van der Waals surface area (Å²) in [6.45, 7) is 25.2. The Morgan fingerprint density at radius 1 is 0.725 bits per heavy atom. The molecule has 0 radical (unpaired) electrons. The second-order valence-corrected chi connectivity index (χ2v) is 44.5. The SMILES string of the molecule is C[C@H](CO)[CH2][Ge]1([C](C)(C)C)[S]c2c([Si](C)(C)C)cc3ccccc3c2-c2c(c([Si](C)(C)C)cc3ccccc23)[S]1. The van der Waals surface area contributed by atoms with E-state index < -0.39 is 27.1 Å². The Morgan fingerprint density at radius 2 is 1.12 bits per heavy atom. The van der Waals surface area contributed by atoms with Crippen molar-refractivity contribution in [2.24, 2.45) is 5.92 Å². The molecule has 0 bridgehead atoms. The third-order valence-electron chi connectivity index (χ3n) is 8.47. The van der Waals surface area contributed by atoms with E-state index in [9.17, 15) is 5.11 Å². The third kappa shape index (κ3) is 5.33. The Bertz CT molecular complexity index is 1490. The van der Waals surface area contributed by atoms with Gasteiger partial charge in [-0.15, -0.1) is 0 Å². The van der Waals surface area contributed by atoms with Crippen LogP contribution in [0.5, 0.6) is 0 Å². The van der Waals surface area contributed by atoms with E-state index in [4.69, 9.17) is 0 Å². The van der Waals surface area contributed by atoms with Crippen molar-refractivity contribution >= 4 is 79.2 Å². The second kappa shape index (κ2) is 10.6. The van der Waals surface area contributed by atoms with Gasteiger partial charge in [-0.2, -0.15) is 0 Å². The van der Waals surface area contributed by atoms with Crippen LogP contribution in [0, 0.1) is 5.92 Å². The summed E-state index contributed by atoms with van der Waals surface area (Å²) >= 11 is 0. The van der Waals surface area contributed by atoms with Crippen molar-refractivity contribution in [3.05, 3.63) is 60.7 Å². The summed E-state index contributed by atoms with van der Waals surface area (Å²) in [5.74, 6) is 0.302. The zero-order valence-corrected chi connectivity index (χ0v) is 31.8.